The van der Waals surface area contributed by atoms with Crippen molar-refractivity contribution in [3.05, 3.63) is 101 Å². The second kappa shape index (κ2) is 7.72. The highest BCUT2D eigenvalue weighted by Crippen LogP contribution is 2.37. The van der Waals surface area contributed by atoms with Crippen LogP contribution in [0.2, 0.25) is 0 Å². The Hall–Kier alpha value is -3.93. The molecular weight excluding hydrogens is 395 g/mol. The normalized spacial score (nSPS) is 13.9. The van der Waals surface area contributed by atoms with E-state index in [0.29, 0.717) is 24.5 Å². The van der Waals surface area contributed by atoms with Crippen molar-refractivity contribution in [1.29, 1.82) is 0 Å². The number of allylic oxidation sites excluding steroid dienone is 1. The van der Waals surface area contributed by atoms with Gasteiger partial charge in [0.1, 0.15) is 18.2 Å². The molecule has 0 N–H and O–H groups in total. The summed E-state index contributed by atoms with van der Waals surface area (Å²) in [6.07, 6.45) is 3.76. The first-order valence-corrected chi connectivity index (χ1v) is 9.88. The van der Waals surface area contributed by atoms with Crippen molar-refractivity contribution < 1.29 is 18.7 Å². The van der Waals surface area contributed by atoms with Crippen molar-refractivity contribution in [2.45, 2.75) is 13.2 Å². The van der Waals surface area contributed by atoms with Gasteiger partial charge in [0.2, 0.25) is 0 Å². The first kappa shape index (κ1) is 19.1. The van der Waals surface area contributed by atoms with E-state index in [9.17, 15) is 9.18 Å². The summed E-state index contributed by atoms with van der Waals surface area (Å²) in [6, 6.07) is 17.9. The van der Waals surface area contributed by atoms with Gasteiger partial charge in [-0.25, -0.2) is 14.2 Å². The van der Waals surface area contributed by atoms with E-state index < -0.39 is 5.97 Å². The zero-order valence-corrected chi connectivity index (χ0v) is 16.8. The maximum absolute atomic E-state index is 13.8. The lowest BCUT2D eigenvalue weighted by molar-refractivity contribution is 0.0600. The summed E-state index contributed by atoms with van der Waals surface area (Å²) < 4.78 is 26.6. The Labute approximate surface area is 178 Å². The number of methoxy groups -OCH3 is 1. The highest BCUT2D eigenvalue weighted by molar-refractivity contribution is 5.93. The van der Waals surface area contributed by atoms with Crippen molar-refractivity contribution in [1.82, 2.24) is 9.55 Å². The molecule has 0 fully saturated rings. The molecule has 3 aromatic carbocycles. The summed E-state index contributed by atoms with van der Waals surface area (Å²) in [4.78, 5) is 16.5. The maximum Gasteiger partial charge on any atom is 0.337 e. The first-order valence-electron chi connectivity index (χ1n) is 9.88. The van der Waals surface area contributed by atoms with Crippen LogP contribution in [0.1, 0.15) is 27.0 Å². The minimum absolute atomic E-state index is 0.303. The van der Waals surface area contributed by atoms with E-state index in [1.54, 1.807) is 30.6 Å². The fourth-order valence-electron chi connectivity index (χ4n) is 3.91. The minimum Gasteiger partial charge on any atom is -0.488 e. The predicted octanol–water partition coefficient (Wildman–Crippen LogP) is 4.99. The number of esters is 1. The van der Waals surface area contributed by atoms with Gasteiger partial charge in [-0.1, -0.05) is 30.3 Å². The van der Waals surface area contributed by atoms with Gasteiger partial charge in [-0.05, 0) is 53.1 Å². The average molecular weight is 414 g/mol. The third kappa shape index (κ3) is 3.46. The molecule has 1 aliphatic rings. The summed E-state index contributed by atoms with van der Waals surface area (Å²) in [6.45, 7) is 0.906. The molecule has 0 spiro atoms. The molecule has 5 nitrogen and oxygen atoms in total. The molecule has 4 aromatic rings. The molecule has 2 heterocycles. The number of ether oxygens (including phenoxy) is 2. The monoisotopic (exact) mass is 414 g/mol. The van der Waals surface area contributed by atoms with E-state index in [1.165, 1.54) is 19.2 Å². The largest absolute Gasteiger partial charge is 0.488 e. The number of hydrogen-bond donors (Lipinski definition) is 0. The van der Waals surface area contributed by atoms with E-state index in [-0.39, 0.29) is 5.82 Å². The molecule has 0 unspecified atom stereocenters. The van der Waals surface area contributed by atoms with Gasteiger partial charge in [-0.3, -0.25) is 0 Å². The number of aromatic nitrogens is 2. The van der Waals surface area contributed by atoms with Crippen LogP contribution in [0.5, 0.6) is 5.75 Å². The molecule has 5 rings (SSSR count). The van der Waals surface area contributed by atoms with Gasteiger partial charge >= 0.3 is 5.97 Å². The van der Waals surface area contributed by atoms with Crippen LogP contribution in [0, 0.1) is 5.82 Å². The molecule has 154 valence electrons. The summed E-state index contributed by atoms with van der Waals surface area (Å²) in [5.74, 6) is -0.0180. The average Bonchev–Trinajstić information content (AvgIpc) is 3.12. The summed E-state index contributed by atoms with van der Waals surface area (Å²) in [5.41, 5.74) is 5.72. The van der Waals surface area contributed by atoms with Crippen molar-refractivity contribution in [2.24, 2.45) is 0 Å². The van der Waals surface area contributed by atoms with Crippen molar-refractivity contribution in [2.75, 3.05) is 7.11 Å². The summed E-state index contributed by atoms with van der Waals surface area (Å²) in [5, 5.41) is 0. The van der Waals surface area contributed by atoms with Gasteiger partial charge in [0.05, 0.1) is 30.0 Å². The molecule has 0 saturated heterocycles. The molecule has 0 aliphatic carbocycles. The Morgan fingerprint density at radius 3 is 2.90 bits per heavy atom. The zero-order chi connectivity index (χ0) is 21.4. The van der Waals surface area contributed by atoms with Gasteiger partial charge in [-0.2, -0.15) is 0 Å². The fraction of sp³-hybridized carbons (Fsp3) is 0.120. The van der Waals surface area contributed by atoms with Gasteiger partial charge in [0.25, 0.3) is 0 Å². The Bertz CT molecular complexity index is 1340. The predicted molar refractivity (Wildman–Crippen MR) is 115 cm³/mol. The molecule has 0 radical (unpaired) electrons. The molecule has 1 aromatic heterocycles. The lowest BCUT2D eigenvalue weighted by Crippen LogP contribution is -2.03. The maximum atomic E-state index is 13.8. The quantitative estimate of drug-likeness (QED) is 0.444. The van der Waals surface area contributed by atoms with Crippen molar-refractivity contribution >= 4 is 22.6 Å². The van der Waals surface area contributed by atoms with Crippen LogP contribution in [0.4, 0.5) is 4.39 Å². The lowest BCUT2D eigenvalue weighted by atomic mass is 9.93. The smallest absolute Gasteiger partial charge is 0.337 e. The van der Waals surface area contributed by atoms with Crippen LogP contribution in [-0.4, -0.2) is 22.6 Å². The van der Waals surface area contributed by atoms with E-state index >= 15 is 0 Å². The Morgan fingerprint density at radius 2 is 2.03 bits per heavy atom. The fourth-order valence-corrected chi connectivity index (χ4v) is 3.91. The lowest BCUT2D eigenvalue weighted by Gasteiger charge is -2.12. The van der Waals surface area contributed by atoms with Crippen molar-refractivity contribution in [3.8, 4) is 5.75 Å². The number of hydrogen-bond acceptors (Lipinski definition) is 4. The topological polar surface area (TPSA) is 53.4 Å². The van der Waals surface area contributed by atoms with Crippen LogP contribution in [0.3, 0.4) is 0 Å². The molecular formula is C25H19FN2O3. The zero-order valence-electron chi connectivity index (χ0n) is 16.8. The number of rotatable bonds is 3. The van der Waals surface area contributed by atoms with E-state index in [2.05, 4.69) is 11.1 Å². The van der Waals surface area contributed by atoms with Crippen LogP contribution in [0.15, 0.2) is 73.1 Å². The van der Waals surface area contributed by atoms with Gasteiger partial charge in [0, 0.05) is 12.1 Å². The Morgan fingerprint density at radius 1 is 1.16 bits per heavy atom. The van der Waals surface area contributed by atoms with Crippen molar-refractivity contribution in [3.63, 3.8) is 0 Å². The summed E-state index contributed by atoms with van der Waals surface area (Å²) >= 11 is 0. The summed E-state index contributed by atoms with van der Waals surface area (Å²) in [7, 11) is 1.36. The number of nitrogens with zero attached hydrogens (tertiary/aromatic N) is 2. The highest BCUT2D eigenvalue weighted by atomic mass is 19.1. The third-order valence-electron chi connectivity index (χ3n) is 5.46. The number of carbonyl (C=O) groups excluding carboxylic acids is 1. The van der Waals surface area contributed by atoms with Crippen LogP contribution >= 0.6 is 0 Å². The number of fused-ring (bicyclic) bond motifs is 3. The molecule has 0 bridgehead atoms. The highest BCUT2D eigenvalue weighted by Gasteiger charge is 2.21. The van der Waals surface area contributed by atoms with E-state index in [1.807, 2.05) is 28.8 Å². The Balaban J connectivity index is 1.65. The molecule has 1 aliphatic heterocycles. The van der Waals surface area contributed by atoms with E-state index in [4.69, 9.17) is 9.47 Å². The molecule has 0 atom stereocenters. The molecule has 31 heavy (non-hydrogen) atoms. The van der Waals surface area contributed by atoms with Gasteiger partial charge < -0.3 is 14.0 Å². The number of carbonyl (C=O) groups is 1. The standard InChI is InChI=1S/C25H19FN2O3/c1-30-25(29)16-6-9-24-21(12-16)20(19-5-3-2-4-17(19)14-31-24)10-11-28-15-27-22-8-7-18(26)13-23(22)28/h2-10,12-13,15H,11,14H2,1H3/b20-10+. The van der Waals surface area contributed by atoms with Crippen LogP contribution < -0.4 is 4.74 Å². The molecule has 6 heteroatoms. The first-order chi connectivity index (χ1) is 15.1. The SMILES string of the molecule is COC(=O)c1ccc2c(c1)/C(=C/Cn1cnc3ccc(F)cc31)c1ccccc1CO2. The number of imidazole rings is 1. The molecule has 0 saturated carbocycles. The number of halogens is 1. The Kier molecular flexibility index (Phi) is 4.75. The second-order valence-electron chi connectivity index (χ2n) is 7.30. The van der Waals surface area contributed by atoms with Gasteiger partial charge in [0.15, 0.2) is 0 Å². The van der Waals surface area contributed by atoms with Crippen LogP contribution in [0.25, 0.3) is 16.6 Å². The van der Waals surface area contributed by atoms with Crippen LogP contribution in [-0.2, 0) is 17.9 Å². The van der Waals surface area contributed by atoms with Gasteiger partial charge in [-0.15, -0.1) is 0 Å². The molecule has 0 amide bonds. The third-order valence-corrected chi connectivity index (χ3v) is 5.46. The number of benzene rings is 3. The second-order valence-corrected chi connectivity index (χ2v) is 7.30. The van der Waals surface area contributed by atoms with E-state index in [0.717, 1.165) is 33.3 Å². The minimum atomic E-state index is -0.407.